The van der Waals surface area contributed by atoms with Crippen molar-refractivity contribution in [2.45, 2.75) is 50.9 Å². The zero-order valence-corrected chi connectivity index (χ0v) is 13.3. The molecule has 0 aromatic heterocycles. The largest absolute Gasteiger partial charge is 0.416 e. The van der Waals surface area contributed by atoms with Crippen LogP contribution >= 0.6 is 0 Å². The Labute approximate surface area is 138 Å². The van der Waals surface area contributed by atoms with E-state index in [4.69, 9.17) is 0 Å². The third kappa shape index (κ3) is 2.76. The second-order valence-electron chi connectivity index (χ2n) is 6.64. The van der Waals surface area contributed by atoms with Gasteiger partial charge in [-0.3, -0.25) is 9.69 Å². The maximum absolute atomic E-state index is 12.8. The molecule has 1 aliphatic heterocycles. The highest BCUT2D eigenvalue weighted by atomic mass is 19.4. The minimum atomic E-state index is -4.45. The Balaban J connectivity index is 1.83. The van der Waals surface area contributed by atoms with Gasteiger partial charge in [0.2, 0.25) is 0 Å². The van der Waals surface area contributed by atoms with Crippen molar-refractivity contribution in [3.8, 4) is 0 Å². The number of nitrogens with zero attached hydrogens (tertiary/aromatic N) is 1. The van der Waals surface area contributed by atoms with Gasteiger partial charge in [0, 0.05) is 0 Å². The van der Waals surface area contributed by atoms with Gasteiger partial charge in [-0.15, -0.1) is 0 Å². The molecule has 1 aromatic rings. The van der Waals surface area contributed by atoms with E-state index in [0.717, 1.165) is 36.3 Å². The maximum atomic E-state index is 12.8. The second kappa shape index (κ2) is 5.79. The van der Waals surface area contributed by atoms with E-state index in [0.29, 0.717) is 6.42 Å². The topological polar surface area (TPSA) is 49.4 Å². The van der Waals surface area contributed by atoms with Crippen molar-refractivity contribution in [3.63, 3.8) is 0 Å². The summed E-state index contributed by atoms with van der Waals surface area (Å²) >= 11 is 0. The standard InChI is InChI=1S/C17H19F3N2O2/c1-11-5-2-3-8-16(11)14(23)22(15(24)21-16)10-12-6-4-7-13(9-12)17(18,19)20/h4,6-7,9,11H,2-3,5,8,10H2,1H3,(H,21,24)/t11-,16-/m0/s1. The number of halogens is 3. The Morgan fingerprint density at radius 2 is 2.04 bits per heavy atom. The number of hydrogen-bond donors (Lipinski definition) is 1. The van der Waals surface area contributed by atoms with E-state index in [-0.39, 0.29) is 23.9 Å². The number of carbonyl (C=O) groups is 2. The smallest absolute Gasteiger partial charge is 0.323 e. The Morgan fingerprint density at radius 3 is 2.71 bits per heavy atom. The molecule has 2 fully saturated rings. The van der Waals surface area contributed by atoms with Crippen molar-refractivity contribution >= 4 is 11.9 Å². The first-order valence-electron chi connectivity index (χ1n) is 8.04. The SMILES string of the molecule is C[C@H]1CCCC[C@]12NC(=O)N(Cc1cccc(C(F)(F)F)c1)C2=O. The summed E-state index contributed by atoms with van der Waals surface area (Å²) in [7, 11) is 0. The average molecular weight is 340 g/mol. The van der Waals surface area contributed by atoms with E-state index in [1.165, 1.54) is 12.1 Å². The third-order valence-corrected chi connectivity index (χ3v) is 5.10. The van der Waals surface area contributed by atoms with Crippen LogP contribution in [0.25, 0.3) is 0 Å². The van der Waals surface area contributed by atoms with Gasteiger partial charge in [-0.25, -0.2) is 4.79 Å². The zero-order chi connectivity index (χ0) is 17.5. The van der Waals surface area contributed by atoms with Crippen LogP contribution in [0.4, 0.5) is 18.0 Å². The van der Waals surface area contributed by atoms with Gasteiger partial charge in [-0.2, -0.15) is 13.2 Å². The number of alkyl halides is 3. The van der Waals surface area contributed by atoms with Gasteiger partial charge in [-0.05, 0) is 36.5 Å². The molecule has 2 aliphatic rings. The lowest BCUT2D eigenvalue weighted by Crippen LogP contribution is -2.53. The van der Waals surface area contributed by atoms with Crippen LogP contribution in [-0.2, 0) is 17.5 Å². The van der Waals surface area contributed by atoms with Crippen molar-refractivity contribution in [2.24, 2.45) is 5.92 Å². The highest BCUT2D eigenvalue weighted by Crippen LogP contribution is 2.38. The Kier molecular flexibility index (Phi) is 4.05. The van der Waals surface area contributed by atoms with Crippen molar-refractivity contribution in [1.29, 1.82) is 0 Å². The molecule has 0 radical (unpaired) electrons. The molecule has 2 atom stereocenters. The van der Waals surface area contributed by atoms with Crippen LogP contribution in [0.2, 0.25) is 0 Å². The fourth-order valence-electron chi connectivity index (χ4n) is 3.67. The molecule has 3 rings (SSSR count). The van der Waals surface area contributed by atoms with Gasteiger partial charge < -0.3 is 5.32 Å². The predicted molar refractivity (Wildman–Crippen MR) is 80.9 cm³/mol. The van der Waals surface area contributed by atoms with Crippen LogP contribution in [-0.4, -0.2) is 22.4 Å². The van der Waals surface area contributed by atoms with Crippen LogP contribution in [0.3, 0.4) is 0 Å². The number of rotatable bonds is 2. The molecule has 1 heterocycles. The number of urea groups is 1. The number of hydrogen-bond acceptors (Lipinski definition) is 2. The van der Waals surface area contributed by atoms with E-state index in [2.05, 4.69) is 5.32 Å². The minimum absolute atomic E-state index is 0.0224. The van der Waals surface area contributed by atoms with E-state index in [1.807, 2.05) is 6.92 Å². The molecule has 1 aromatic carbocycles. The van der Waals surface area contributed by atoms with Gasteiger partial charge in [0.15, 0.2) is 0 Å². The molecule has 1 N–H and O–H groups in total. The zero-order valence-electron chi connectivity index (χ0n) is 13.3. The van der Waals surface area contributed by atoms with E-state index < -0.39 is 23.3 Å². The molecular formula is C17H19F3N2O2. The summed E-state index contributed by atoms with van der Waals surface area (Å²) in [6, 6.07) is 4.21. The first kappa shape index (κ1) is 16.8. The Morgan fingerprint density at radius 1 is 1.29 bits per heavy atom. The summed E-state index contributed by atoms with van der Waals surface area (Å²) in [6.45, 7) is 1.79. The summed E-state index contributed by atoms with van der Waals surface area (Å²) in [4.78, 5) is 26.1. The van der Waals surface area contributed by atoms with Crippen LogP contribution in [0.1, 0.15) is 43.7 Å². The molecule has 7 heteroatoms. The molecule has 4 nitrogen and oxygen atoms in total. The molecule has 1 saturated heterocycles. The molecule has 1 saturated carbocycles. The summed E-state index contributed by atoms with van der Waals surface area (Å²) in [5.74, 6) is -0.300. The quantitative estimate of drug-likeness (QED) is 0.835. The number of amides is 3. The molecule has 1 spiro atoms. The van der Waals surface area contributed by atoms with E-state index >= 15 is 0 Å². The lowest BCUT2D eigenvalue weighted by atomic mass is 9.73. The molecular weight excluding hydrogens is 321 g/mol. The Hall–Kier alpha value is -2.05. The lowest BCUT2D eigenvalue weighted by molar-refractivity contribution is -0.137. The summed E-state index contributed by atoms with van der Waals surface area (Å²) in [5, 5.41) is 2.80. The highest BCUT2D eigenvalue weighted by Gasteiger charge is 2.54. The monoisotopic (exact) mass is 340 g/mol. The molecule has 3 amide bonds. The van der Waals surface area contributed by atoms with Crippen molar-refractivity contribution in [3.05, 3.63) is 35.4 Å². The second-order valence-corrected chi connectivity index (χ2v) is 6.64. The average Bonchev–Trinajstić information content (AvgIpc) is 2.75. The van der Waals surface area contributed by atoms with Crippen LogP contribution < -0.4 is 5.32 Å². The van der Waals surface area contributed by atoms with Crippen LogP contribution in [0, 0.1) is 5.92 Å². The van der Waals surface area contributed by atoms with Gasteiger partial charge >= 0.3 is 12.2 Å². The minimum Gasteiger partial charge on any atom is -0.323 e. The number of imide groups is 1. The molecule has 130 valence electrons. The first-order valence-corrected chi connectivity index (χ1v) is 8.04. The van der Waals surface area contributed by atoms with Crippen molar-refractivity contribution in [2.75, 3.05) is 0 Å². The van der Waals surface area contributed by atoms with E-state index in [1.54, 1.807) is 0 Å². The summed E-state index contributed by atoms with van der Waals surface area (Å²) < 4.78 is 38.4. The van der Waals surface area contributed by atoms with E-state index in [9.17, 15) is 22.8 Å². The lowest BCUT2D eigenvalue weighted by Gasteiger charge is -2.36. The molecule has 0 unspecified atom stereocenters. The summed E-state index contributed by atoms with van der Waals surface area (Å²) in [5.41, 5.74) is -1.39. The van der Waals surface area contributed by atoms with Crippen molar-refractivity contribution < 1.29 is 22.8 Å². The molecule has 1 aliphatic carbocycles. The van der Waals surface area contributed by atoms with Crippen molar-refractivity contribution in [1.82, 2.24) is 10.2 Å². The Bertz CT molecular complexity index is 674. The fraction of sp³-hybridized carbons (Fsp3) is 0.529. The van der Waals surface area contributed by atoms with Gasteiger partial charge in [-0.1, -0.05) is 31.9 Å². The van der Waals surface area contributed by atoms with Gasteiger partial charge in [0.1, 0.15) is 5.54 Å². The fourth-order valence-corrected chi connectivity index (χ4v) is 3.67. The van der Waals surface area contributed by atoms with Gasteiger partial charge in [0.05, 0.1) is 12.1 Å². The predicted octanol–water partition coefficient (Wildman–Crippen LogP) is 3.71. The maximum Gasteiger partial charge on any atom is 0.416 e. The highest BCUT2D eigenvalue weighted by molar-refractivity contribution is 6.07. The molecule has 24 heavy (non-hydrogen) atoms. The van der Waals surface area contributed by atoms with Gasteiger partial charge in [0.25, 0.3) is 5.91 Å². The first-order chi connectivity index (χ1) is 11.2. The number of carbonyl (C=O) groups excluding carboxylic acids is 2. The van der Waals surface area contributed by atoms with Crippen LogP contribution in [0.5, 0.6) is 0 Å². The molecule has 0 bridgehead atoms. The number of benzene rings is 1. The third-order valence-electron chi connectivity index (χ3n) is 5.10. The number of nitrogens with one attached hydrogen (secondary N) is 1. The summed E-state index contributed by atoms with van der Waals surface area (Å²) in [6.07, 6.45) is -1.15. The van der Waals surface area contributed by atoms with Crippen LogP contribution in [0.15, 0.2) is 24.3 Å². The normalized spacial score (nSPS) is 27.7.